The lowest BCUT2D eigenvalue weighted by molar-refractivity contribution is -0.202. The van der Waals surface area contributed by atoms with Gasteiger partial charge in [-0.25, -0.2) is 0 Å². The van der Waals surface area contributed by atoms with Crippen molar-refractivity contribution < 1.29 is 38.1 Å². The summed E-state index contributed by atoms with van der Waals surface area (Å²) < 4.78 is 21.3. The molecule has 8 heteroatoms. The number of carbonyl (C=O) groups excluding carboxylic acids is 4. The van der Waals surface area contributed by atoms with Gasteiger partial charge in [-0.05, 0) is 83.1 Å². The molecule has 0 aromatic rings. The average Bonchev–Trinajstić information content (AvgIpc) is 2.36. The van der Waals surface area contributed by atoms with E-state index in [4.69, 9.17) is 18.9 Å². The predicted octanol–water partition coefficient (Wildman–Crippen LogP) is 3.73. The van der Waals surface area contributed by atoms with Gasteiger partial charge in [0.1, 0.15) is 22.4 Å². The van der Waals surface area contributed by atoms with Gasteiger partial charge in [0.05, 0.1) is 6.42 Å². The molecular formula is C22H38O8. The molecule has 0 aliphatic rings. The predicted molar refractivity (Wildman–Crippen MR) is 110 cm³/mol. The lowest BCUT2D eigenvalue weighted by atomic mass is 9.83. The summed E-state index contributed by atoms with van der Waals surface area (Å²) in [7, 11) is 0. The van der Waals surface area contributed by atoms with E-state index in [1.54, 1.807) is 83.1 Å². The van der Waals surface area contributed by atoms with Crippen LogP contribution in [0.5, 0.6) is 0 Å². The van der Waals surface area contributed by atoms with E-state index in [1.165, 1.54) is 0 Å². The van der Waals surface area contributed by atoms with Gasteiger partial charge in [0, 0.05) is 0 Å². The average molecular weight is 431 g/mol. The van der Waals surface area contributed by atoms with Crippen LogP contribution in [0.25, 0.3) is 0 Å². The SMILES string of the molecule is CC(C)(C)OC(=O)CC(C(=O)OC(C)(C)C)(C(=O)OC(C)(C)C)C(=O)OC(C)(C)C. The minimum atomic E-state index is -2.67. The monoisotopic (exact) mass is 430 g/mol. The maximum absolute atomic E-state index is 13.2. The smallest absolute Gasteiger partial charge is 0.336 e. The summed E-state index contributed by atoms with van der Waals surface area (Å²) in [5.41, 5.74) is -6.70. The Hall–Kier alpha value is -2.12. The van der Waals surface area contributed by atoms with E-state index in [0.717, 1.165) is 0 Å². The van der Waals surface area contributed by atoms with Crippen molar-refractivity contribution in [1.82, 2.24) is 0 Å². The minimum absolute atomic E-state index is 0.904. The second-order valence-electron chi connectivity index (χ2n) is 11.2. The Labute approximate surface area is 180 Å². The number of esters is 4. The van der Waals surface area contributed by atoms with Crippen LogP contribution in [-0.4, -0.2) is 46.3 Å². The molecule has 0 aliphatic carbocycles. The van der Waals surface area contributed by atoms with E-state index in [1.807, 2.05) is 0 Å². The van der Waals surface area contributed by atoms with Gasteiger partial charge in [-0.15, -0.1) is 0 Å². The number of hydrogen-bond donors (Lipinski definition) is 0. The fourth-order valence-corrected chi connectivity index (χ4v) is 2.16. The van der Waals surface area contributed by atoms with Gasteiger partial charge in [-0.1, -0.05) is 0 Å². The molecule has 0 fully saturated rings. The van der Waals surface area contributed by atoms with Crippen molar-refractivity contribution >= 4 is 23.9 Å². The number of hydrogen-bond acceptors (Lipinski definition) is 8. The first-order valence-corrected chi connectivity index (χ1v) is 9.91. The van der Waals surface area contributed by atoms with Crippen molar-refractivity contribution in [2.24, 2.45) is 5.41 Å². The summed E-state index contributed by atoms with van der Waals surface area (Å²) in [6, 6.07) is 0. The Morgan fingerprint density at radius 1 is 0.467 bits per heavy atom. The van der Waals surface area contributed by atoms with E-state index in [9.17, 15) is 19.2 Å². The number of ether oxygens (including phenoxy) is 4. The second kappa shape index (κ2) is 8.94. The third-order valence-corrected chi connectivity index (χ3v) is 3.07. The highest BCUT2D eigenvalue weighted by Gasteiger charge is 2.61. The summed E-state index contributed by atoms with van der Waals surface area (Å²) in [4.78, 5) is 52.3. The quantitative estimate of drug-likeness (QED) is 0.369. The standard InChI is InChI=1S/C22H38O8/c1-18(2,3)27-14(23)13-22(15(24)28-19(4,5)6,16(25)29-20(7,8)9)17(26)30-21(10,11)12/h13H2,1-12H3. The molecule has 8 nitrogen and oxygen atoms in total. The first-order chi connectivity index (χ1) is 13.0. The highest BCUT2D eigenvalue weighted by atomic mass is 16.6. The van der Waals surface area contributed by atoms with Crippen LogP contribution in [0.2, 0.25) is 0 Å². The van der Waals surface area contributed by atoms with Crippen LogP contribution < -0.4 is 0 Å². The Morgan fingerprint density at radius 3 is 0.900 bits per heavy atom. The molecule has 0 atom stereocenters. The van der Waals surface area contributed by atoms with Crippen molar-refractivity contribution in [3.8, 4) is 0 Å². The van der Waals surface area contributed by atoms with Crippen molar-refractivity contribution in [2.75, 3.05) is 0 Å². The minimum Gasteiger partial charge on any atom is -0.460 e. The van der Waals surface area contributed by atoms with Gasteiger partial charge in [0.15, 0.2) is 0 Å². The van der Waals surface area contributed by atoms with Crippen molar-refractivity contribution in [2.45, 2.75) is 112 Å². The van der Waals surface area contributed by atoms with Gasteiger partial charge >= 0.3 is 23.9 Å². The van der Waals surface area contributed by atoms with E-state index < -0.39 is 58.1 Å². The molecule has 0 aliphatic heterocycles. The van der Waals surface area contributed by atoms with Crippen LogP contribution in [0, 0.1) is 5.41 Å². The molecule has 174 valence electrons. The molecule has 30 heavy (non-hydrogen) atoms. The normalized spacial score (nSPS) is 13.3. The van der Waals surface area contributed by atoms with Gasteiger partial charge < -0.3 is 18.9 Å². The fourth-order valence-electron chi connectivity index (χ4n) is 2.16. The summed E-state index contributed by atoms with van der Waals surface area (Å²) in [6.07, 6.45) is -0.914. The first-order valence-electron chi connectivity index (χ1n) is 9.91. The van der Waals surface area contributed by atoms with Crippen LogP contribution >= 0.6 is 0 Å². The third-order valence-electron chi connectivity index (χ3n) is 3.07. The van der Waals surface area contributed by atoms with Crippen molar-refractivity contribution in [1.29, 1.82) is 0 Å². The lowest BCUT2D eigenvalue weighted by Crippen LogP contribution is -2.55. The molecule has 0 aromatic heterocycles. The van der Waals surface area contributed by atoms with Gasteiger partial charge in [0.2, 0.25) is 0 Å². The molecule has 0 heterocycles. The van der Waals surface area contributed by atoms with Crippen LogP contribution in [0.4, 0.5) is 0 Å². The third kappa shape index (κ3) is 9.59. The zero-order valence-corrected chi connectivity index (χ0v) is 20.5. The van der Waals surface area contributed by atoms with E-state index in [0.29, 0.717) is 0 Å². The largest absolute Gasteiger partial charge is 0.460 e. The molecule has 0 unspecified atom stereocenters. The Morgan fingerprint density at radius 2 is 0.700 bits per heavy atom. The zero-order valence-electron chi connectivity index (χ0n) is 20.5. The molecule has 0 radical (unpaired) electrons. The number of carbonyl (C=O) groups is 4. The van der Waals surface area contributed by atoms with Crippen LogP contribution in [0.15, 0.2) is 0 Å². The molecule has 0 amide bonds. The van der Waals surface area contributed by atoms with Crippen molar-refractivity contribution in [3.63, 3.8) is 0 Å². The maximum Gasteiger partial charge on any atom is 0.336 e. The van der Waals surface area contributed by atoms with Crippen LogP contribution in [0.1, 0.15) is 89.5 Å². The number of rotatable bonds is 5. The highest BCUT2D eigenvalue weighted by Crippen LogP contribution is 2.35. The molecule has 0 spiro atoms. The van der Waals surface area contributed by atoms with Gasteiger partial charge in [-0.3, -0.25) is 19.2 Å². The summed E-state index contributed by atoms with van der Waals surface area (Å²) in [6.45, 7) is 19.1. The molecule has 0 saturated carbocycles. The van der Waals surface area contributed by atoms with Gasteiger partial charge in [0.25, 0.3) is 5.41 Å². The van der Waals surface area contributed by atoms with Crippen molar-refractivity contribution in [3.05, 3.63) is 0 Å². The summed E-state index contributed by atoms with van der Waals surface area (Å²) in [5.74, 6) is -4.64. The fraction of sp³-hybridized carbons (Fsp3) is 0.818. The van der Waals surface area contributed by atoms with E-state index in [-0.39, 0.29) is 0 Å². The topological polar surface area (TPSA) is 105 Å². The second-order valence-corrected chi connectivity index (χ2v) is 11.2. The summed E-state index contributed by atoms with van der Waals surface area (Å²) >= 11 is 0. The van der Waals surface area contributed by atoms with Crippen LogP contribution in [0.3, 0.4) is 0 Å². The molecule has 0 rings (SSSR count). The first kappa shape index (κ1) is 27.9. The Bertz CT molecular complexity index is 594. The van der Waals surface area contributed by atoms with Crippen LogP contribution in [-0.2, 0) is 38.1 Å². The zero-order chi connectivity index (χ0) is 24.3. The Kier molecular flexibility index (Phi) is 8.31. The summed E-state index contributed by atoms with van der Waals surface area (Å²) in [5, 5.41) is 0. The van der Waals surface area contributed by atoms with E-state index in [2.05, 4.69) is 0 Å². The molecule has 0 aromatic carbocycles. The Balaban J connectivity index is 6.58. The molecule has 0 saturated heterocycles. The molecular weight excluding hydrogens is 392 g/mol. The molecule has 0 bridgehead atoms. The van der Waals surface area contributed by atoms with E-state index >= 15 is 0 Å². The van der Waals surface area contributed by atoms with Gasteiger partial charge in [-0.2, -0.15) is 0 Å². The maximum atomic E-state index is 13.2. The molecule has 0 N–H and O–H groups in total. The highest BCUT2D eigenvalue weighted by molar-refractivity contribution is 6.20. The lowest BCUT2D eigenvalue weighted by Gasteiger charge is -2.35.